The highest BCUT2D eigenvalue weighted by Gasteiger charge is 2.51. The first-order valence-corrected chi connectivity index (χ1v) is 7.53. The number of Topliss-reactive ketones (excluding diaryl/α,β-unsaturated/α-hetero) is 1. The normalized spacial score (nSPS) is 25.6. The summed E-state index contributed by atoms with van der Waals surface area (Å²) in [5.74, 6) is -1.01. The molecule has 2 bridgehead atoms. The average Bonchev–Trinajstić information content (AvgIpc) is 2.53. The molecule has 1 saturated heterocycles. The number of ether oxygens (including phenoxy) is 2. The molecule has 6 nitrogen and oxygen atoms in total. The second-order valence-corrected chi connectivity index (χ2v) is 5.99. The van der Waals surface area contributed by atoms with Crippen LogP contribution in [-0.4, -0.2) is 49.4 Å². The fraction of sp³-hybridized carbons (Fsp3) is 0.471. The van der Waals surface area contributed by atoms with Crippen molar-refractivity contribution in [3.05, 3.63) is 29.3 Å². The molecule has 1 aromatic carbocycles. The van der Waals surface area contributed by atoms with Gasteiger partial charge in [-0.3, -0.25) is 9.59 Å². The maximum absolute atomic E-state index is 12.7. The SMILES string of the molecule is COC(=O)C1[C@@H]2C(=O)[C@@H](Cc3cc(OC)ccc32)CN1C(C)=O. The zero-order valence-corrected chi connectivity index (χ0v) is 13.4. The second-order valence-electron chi connectivity index (χ2n) is 5.99. The van der Waals surface area contributed by atoms with E-state index < -0.39 is 17.9 Å². The first-order valence-electron chi connectivity index (χ1n) is 7.53. The molecular formula is C17H19NO5. The Labute approximate surface area is 134 Å². The molecule has 3 atom stereocenters. The van der Waals surface area contributed by atoms with Gasteiger partial charge in [0.25, 0.3) is 0 Å². The average molecular weight is 317 g/mol. The minimum Gasteiger partial charge on any atom is -0.497 e. The van der Waals surface area contributed by atoms with Crippen LogP contribution in [-0.2, 0) is 25.5 Å². The summed E-state index contributed by atoms with van der Waals surface area (Å²) in [7, 11) is 2.86. The van der Waals surface area contributed by atoms with Crippen LogP contribution < -0.4 is 4.74 Å². The lowest BCUT2D eigenvalue weighted by Crippen LogP contribution is -2.59. The molecule has 1 aromatic rings. The highest BCUT2D eigenvalue weighted by atomic mass is 16.5. The third-order valence-corrected chi connectivity index (χ3v) is 4.78. The first-order chi connectivity index (χ1) is 11.0. The Morgan fingerprint density at radius 3 is 2.61 bits per heavy atom. The van der Waals surface area contributed by atoms with Gasteiger partial charge in [0.2, 0.25) is 5.91 Å². The molecule has 23 heavy (non-hydrogen) atoms. The fourth-order valence-corrected chi connectivity index (χ4v) is 3.68. The van der Waals surface area contributed by atoms with Crippen molar-refractivity contribution in [1.29, 1.82) is 0 Å². The van der Waals surface area contributed by atoms with Crippen molar-refractivity contribution in [3.63, 3.8) is 0 Å². The van der Waals surface area contributed by atoms with Gasteiger partial charge in [0, 0.05) is 19.4 Å². The van der Waals surface area contributed by atoms with E-state index in [9.17, 15) is 14.4 Å². The van der Waals surface area contributed by atoms with Crippen LogP contribution in [0.3, 0.4) is 0 Å². The molecule has 2 aliphatic rings. The Morgan fingerprint density at radius 1 is 1.26 bits per heavy atom. The maximum Gasteiger partial charge on any atom is 0.329 e. The molecule has 0 aromatic heterocycles. The third-order valence-electron chi connectivity index (χ3n) is 4.78. The van der Waals surface area contributed by atoms with E-state index in [1.54, 1.807) is 13.2 Å². The number of likely N-dealkylation sites (tertiary alicyclic amines) is 1. The van der Waals surface area contributed by atoms with Crippen molar-refractivity contribution in [2.45, 2.75) is 25.3 Å². The molecule has 1 aliphatic heterocycles. The summed E-state index contributed by atoms with van der Waals surface area (Å²) in [4.78, 5) is 38.4. The molecule has 1 aliphatic carbocycles. The molecule has 122 valence electrons. The number of benzene rings is 1. The largest absolute Gasteiger partial charge is 0.497 e. The summed E-state index contributed by atoms with van der Waals surface area (Å²) >= 11 is 0. The van der Waals surface area contributed by atoms with Crippen molar-refractivity contribution in [1.82, 2.24) is 4.90 Å². The lowest BCUT2D eigenvalue weighted by Gasteiger charge is -2.45. The van der Waals surface area contributed by atoms with E-state index in [0.29, 0.717) is 12.2 Å². The number of rotatable bonds is 2. The predicted molar refractivity (Wildman–Crippen MR) is 81.1 cm³/mol. The number of piperidine rings is 1. The first kappa shape index (κ1) is 15.5. The van der Waals surface area contributed by atoms with E-state index in [0.717, 1.165) is 11.1 Å². The molecule has 3 rings (SSSR count). The van der Waals surface area contributed by atoms with Crippen LogP contribution in [0, 0.1) is 5.92 Å². The summed E-state index contributed by atoms with van der Waals surface area (Å²) in [5, 5.41) is 0. The molecule has 1 heterocycles. The topological polar surface area (TPSA) is 72.9 Å². The third kappa shape index (κ3) is 2.38. The Hall–Kier alpha value is -2.37. The number of hydrogen-bond donors (Lipinski definition) is 0. The fourth-order valence-electron chi connectivity index (χ4n) is 3.68. The quantitative estimate of drug-likeness (QED) is 0.759. The minimum atomic E-state index is -0.895. The Balaban J connectivity index is 2.12. The van der Waals surface area contributed by atoms with Crippen LogP contribution in [0.4, 0.5) is 0 Å². The van der Waals surface area contributed by atoms with E-state index in [2.05, 4.69) is 0 Å². The van der Waals surface area contributed by atoms with Crippen LogP contribution in [0.2, 0.25) is 0 Å². The predicted octanol–water partition coefficient (Wildman–Crippen LogP) is 0.924. The summed E-state index contributed by atoms with van der Waals surface area (Å²) in [6.07, 6.45) is 0.555. The molecule has 0 radical (unpaired) electrons. The molecule has 0 spiro atoms. The number of esters is 1. The van der Waals surface area contributed by atoms with Crippen LogP contribution in [0.25, 0.3) is 0 Å². The number of methoxy groups -OCH3 is 2. The van der Waals surface area contributed by atoms with Gasteiger partial charge in [0.05, 0.1) is 20.1 Å². The summed E-state index contributed by atoms with van der Waals surface area (Å²) in [5.41, 5.74) is 1.78. The van der Waals surface area contributed by atoms with Crippen molar-refractivity contribution in [3.8, 4) is 5.75 Å². The van der Waals surface area contributed by atoms with E-state index in [4.69, 9.17) is 9.47 Å². The van der Waals surface area contributed by atoms with Gasteiger partial charge in [0.1, 0.15) is 17.6 Å². The van der Waals surface area contributed by atoms with Crippen molar-refractivity contribution >= 4 is 17.7 Å². The number of fused-ring (bicyclic) bond motifs is 4. The Kier molecular flexibility index (Phi) is 3.83. The van der Waals surface area contributed by atoms with Gasteiger partial charge in [-0.05, 0) is 29.7 Å². The van der Waals surface area contributed by atoms with Gasteiger partial charge in [-0.15, -0.1) is 0 Å². The van der Waals surface area contributed by atoms with Gasteiger partial charge in [-0.2, -0.15) is 0 Å². The van der Waals surface area contributed by atoms with Gasteiger partial charge >= 0.3 is 5.97 Å². The molecule has 6 heteroatoms. The molecule has 1 amide bonds. The molecule has 0 N–H and O–H groups in total. The monoisotopic (exact) mass is 317 g/mol. The van der Waals surface area contributed by atoms with Crippen LogP contribution in [0.15, 0.2) is 18.2 Å². The zero-order valence-electron chi connectivity index (χ0n) is 13.4. The molecule has 0 saturated carbocycles. The Bertz CT molecular complexity index is 684. The summed E-state index contributed by atoms with van der Waals surface area (Å²) in [6, 6.07) is 4.59. The lowest BCUT2D eigenvalue weighted by atomic mass is 9.69. The van der Waals surface area contributed by atoms with Crippen LogP contribution >= 0.6 is 0 Å². The summed E-state index contributed by atoms with van der Waals surface area (Å²) < 4.78 is 10.1. The number of nitrogens with zero attached hydrogens (tertiary/aromatic N) is 1. The van der Waals surface area contributed by atoms with Gasteiger partial charge in [-0.25, -0.2) is 4.79 Å². The summed E-state index contributed by atoms with van der Waals surface area (Å²) in [6.45, 7) is 1.66. The highest BCUT2D eigenvalue weighted by Crippen LogP contribution is 2.42. The minimum absolute atomic E-state index is 0.00978. The van der Waals surface area contributed by atoms with Crippen LogP contribution in [0.5, 0.6) is 5.75 Å². The van der Waals surface area contributed by atoms with Gasteiger partial charge in [0.15, 0.2) is 0 Å². The number of carbonyl (C=O) groups excluding carboxylic acids is 3. The van der Waals surface area contributed by atoms with E-state index in [1.807, 2.05) is 12.1 Å². The van der Waals surface area contributed by atoms with Crippen molar-refractivity contribution in [2.75, 3.05) is 20.8 Å². The van der Waals surface area contributed by atoms with Crippen molar-refractivity contribution in [2.24, 2.45) is 5.92 Å². The van der Waals surface area contributed by atoms with Gasteiger partial charge < -0.3 is 14.4 Å². The second kappa shape index (κ2) is 5.68. The maximum atomic E-state index is 12.7. The van der Waals surface area contributed by atoms with Gasteiger partial charge in [-0.1, -0.05) is 6.07 Å². The molecule has 1 fully saturated rings. The number of amides is 1. The number of ketones is 1. The Morgan fingerprint density at radius 2 is 2.00 bits per heavy atom. The molecular weight excluding hydrogens is 298 g/mol. The number of hydrogen-bond acceptors (Lipinski definition) is 5. The van der Waals surface area contributed by atoms with E-state index in [1.165, 1.54) is 18.9 Å². The smallest absolute Gasteiger partial charge is 0.329 e. The molecule has 1 unspecified atom stereocenters. The van der Waals surface area contributed by atoms with E-state index >= 15 is 0 Å². The zero-order chi connectivity index (χ0) is 16.7. The number of carbonyl (C=O) groups is 3. The van der Waals surface area contributed by atoms with Crippen molar-refractivity contribution < 1.29 is 23.9 Å². The standard InChI is InChI=1S/C17H19NO5/c1-9(19)18-8-11-6-10-7-12(22-2)4-5-13(10)14(16(11)20)15(18)17(21)23-3/h4-5,7,11,14-15H,6,8H2,1-3H3/t11-,14+,15?/m0/s1. The van der Waals surface area contributed by atoms with E-state index in [-0.39, 0.29) is 24.2 Å². The lowest BCUT2D eigenvalue weighted by molar-refractivity contribution is -0.160. The van der Waals surface area contributed by atoms with Crippen LogP contribution in [0.1, 0.15) is 24.0 Å². The highest BCUT2D eigenvalue weighted by molar-refractivity contribution is 5.99.